The molecule has 0 bridgehead atoms. The first-order valence-corrected chi connectivity index (χ1v) is 17.3. The quantitative estimate of drug-likeness (QED) is 0.0651. The van der Waals surface area contributed by atoms with E-state index in [4.69, 9.17) is 10.7 Å². The Balaban J connectivity index is 1.26. The molecule has 2 atom stereocenters. The summed E-state index contributed by atoms with van der Waals surface area (Å²) in [5.41, 5.74) is 7.05. The lowest BCUT2D eigenvalue weighted by Gasteiger charge is -2.28. The number of nitrogens with zero attached hydrogens (tertiary/aromatic N) is 5. The topological polar surface area (TPSA) is 192 Å². The molecule has 3 amide bonds. The first-order chi connectivity index (χ1) is 23.2. The van der Waals surface area contributed by atoms with Gasteiger partial charge in [0, 0.05) is 69.2 Å². The van der Waals surface area contributed by atoms with Crippen LogP contribution in [0.3, 0.4) is 0 Å². The third-order valence-electron chi connectivity index (χ3n) is 8.62. The average Bonchev–Trinajstić information content (AvgIpc) is 3.85. The van der Waals surface area contributed by atoms with E-state index in [2.05, 4.69) is 30.4 Å². The molecule has 0 saturated carbocycles. The molecule has 0 radical (unpaired) electrons. The first kappa shape index (κ1) is 34.7. The number of primary amides is 1. The Morgan fingerprint density at radius 2 is 1.71 bits per heavy atom. The number of nitrogens with one attached hydrogen (secondary N) is 3. The van der Waals surface area contributed by atoms with Gasteiger partial charge in [-0.15, -0.1) is 0 Å². The molecule has 2 fully saturated rings. The number of pyridine rings is 1. The van der Waals surface area contributed by atoms with Gasteiger partial charge in [-0.25, -0.2) is 4.98 Å². The van der Waals surface area contributed by atoms with Crippen molar-refractivity contribution in [3.8, 4) is 0 Å². The number of hydrogen-bond acceptors (Lipinski definition) is 8. The minimum absolute atomic E-state index is 0.0192. The van der Waals surface area contributed by atoms with Gasteiger partial charge in [-0.3, -0.25) is 29.5 Å². The maximum atomic E-state index is 13.5. The molecule has 5 N–H and O–H groups in total. The normalized spacial score (nSPS) is 15.7. The molecule has 5 rings (SSSR count). The van der Waals surface area contributed by atoms with Crippen molar-refractivity contribution < 1.29 is 19.3 Å². The van der Waals surface area contributed by atoms with E-state index in [-0.39, 0.29) is 23.0 Å². The Labute approximate surface area is 283 Å². The monoisotopic (exact) mass is 677 g/mol. The van der Waals surface area contributed by atoms with E-state index in [0.29, 0.717) is 30.0 Å². The van der Waals surface area contributed by atoms with E-state index in [1.807, 2.05) is 24.3 Å². The smallest absolute Gasteiger partial charge is 0.301 e. The standard InChI is InChI=1S/C33H43N9O5S/c1-22(43)37-26(13-4-5-15-36-33(40-17-6-7-18-40)41-19-8-9-20-41)30(45)38-27(29(34)44)21-24-23-11-2-3-12-25(23)39-31(24)48-32-28(42(46)47)14-10-16-35-32/h2-3,10-12,14,16,26-27,39H,4-9,13,15,17-21H2,1H3,(H2,34,44)(H,37,43)(H,38,45)/t26-,27-/m0/s1. The van der Waals surface area contributed by atoms with E-state index in [9.17, 15) is 24.5 Å². The number of rotatable bonds is 14. The van der Waals surface area contributed by atoms with Crippen molar-refractivity contribution >= 4 is 52.0 Å². The maximum Gasteiger partial charge on any atom is 0.301 e. The molecule has 0 aliphatic carbocycles. The minimum Gasteiger partial charge on any atom is -0.368 e. The molecule has 15 heteroatoms. The largest absolute Gasteiger partial charge is 0.368 e. The van der Waals surface area contributed by atoms with Crippen molar-refractivity contribution in [2.45, 2.75) is 80.4 Å². The number of hydrogen-bond donors (Lipinski definition) is 4. The third kappa shape index (κ3) is 8.82. The van der Waals surface area contributed by atoms with Crippen LogP contribution in [0.4, 0.5) is 5.69 Å². The highest BCUT2D eigenvalue weighted by Crippen LogP contribution is 2.37. The lowest BCUT2D eigenvalue weighted by molar-refractivity contribution is -0.388. The van der Waals surface area contributed by atoms with Gasteiger partial charge in [0.15, 0.2) is 11.0 Å². The number of likely N-dealkylation sites (tertiary alicyclic amines) is 2. The molecule has 48 heavy (non-hydrogen) atoms. The molecule has 256 valence electrons. The van der Waals surface area contributed by atoms with Gasteiger partial charge in [-0.2, -0.15) is 0 Å². The zero-order valence-corrected chi connectivity index (χ0v) is 28.0. The van der Waals surface area contributed by atoms with E-state index in [1.54, 1.807) is 0 Å². The molecule has 0 unspecified atom stereocenters. The van der Waals surface area contributed by atoms with Crippen LogP contribution in [-0.2, 0) is 20.8 Å². The number of guanidine groups is 1. The SMILES string of the molecule is CC(=O)N[C@@H](CCCCN=C(N1CCCC1)N1CCCC1)C(=O)N[C@@H](Cc1c(Sc2ncccc2[N+](=O)[O-])[nH]c2ccccc12)C(N)=O. The number of nitro groups is 1. The summed E-state index contributed by atoms with van der Waals surface area (Å²) in [4.78, 5) is 66.6. The highest BCUT2D eigenvalue weighted by molar-refractivity contribution is 7.99. The number of aliphatic imine (C=N–C) groups is 1. The van der Waals surface area contributed by atoms with Gasteiger partial charge < -0.3 is 31.2 Å². The summed E-state index contributed by atoms with van der Waals surface area (Å²) in [6, 6.07) is 8.28. The van der Waals surface area contributed by atoms with E-state index >= 15 is 0 Å². The molecule has 3 aromatic rings. The van der Waals surface area contributed by atoms with Crippen LogP contribution in [0.2, 0.25) is 0 Å². The zero-order valence-electron chi connectivity index (χ0n) is 27.2. The minimum atomic E-state index is -1.11. The molecule has 2 saturated heterocycles. The fourth-order valence-electron chi connectivity index (χ4n) is 6.25. The number of benzene rings is 1. The van der Waals surface area contributed by atoms with Gasteiger partial charge in [0.25, 0.3) is 0 Å². The van der Waals surface area contributed by atoms with E-state index < -0.39 is 28.8 Å². The highest BCUT2D eigenvalue weighted by atomic mass is 32.2. The first-order valence-electron chi connectivity index (χ1n) is 16.5. The molecule has 2 aliphatic heterocycles. The fourth-order valence-corrected chi connectivity index (χ4v) is 7.28. The second-order valence-corrected chi connectivity index (χ2v) is 13.2. The zero-order chi connectivity index (χ0) is 34.0. The molecule has 14 nitrogen and oxygen atoms in total. The Morgan fingerprint density at radius 1 is 1.02 bits per heavy atom. The van der Waals surface area contributed by atoms with Crippen molar-refractivity contribution in [3.63, 3.8) is 0 Å². The molecule has 4 heterocycles. The fraction of sp³-hybridized carbons (Fsp3) is 0.485. The Morgan fingerprint density at radius 3 is 2.35 bits per heavy atom. The van der Waals surface area contributed by atoms with Crippen LogP contribution in [0.25, 0.3) is 10.9 Å². The van der Waals surface area contributed by atoms with Crippen molar-refractivity contribution in [3.05, 3.63) is 58.3 Å². The van der Waals surface area contributed by atoms with Crippen molar-refractivity contribution in [1.82, 2.24) is 30.4 Å². The molecule has 2 aliphatic rings. The Kier molecular flexibility index (Phi) is 11.9. The number of amides is 3. The number of nitrogens with two attached hydrogens (primary N) is 1. The lowest BCUT2D eigenvalue weighted by atomic mass is 10.0. The van der Waals surface area contributed by atoms with Gasteiger partial charge >= 0.3 is 5.69 Å². The summed E-state index contributed by atoms with van der Waals surface area (Å²) in [5.74, 6) is -0.540. The predicted octanol–water partition coefficient (Wildman–Crippen LogP) is 3.36. The van der Waals surface area contributed by atoms with Crippen LogP contribution < -0.4 is 16.4 Å². The van der Waals surface area contributed by atoms with E-state index in [1.165, 1.54) is 50.9 Å². The van der Waals surface area contributed by atoms with Crippen molar-refractivity contribution in [2.75, 3.05) is 32.7 Å². The molecule has 1 aromatic carbocycles. The van der Waals surface area contributed by atoms with Crippen molar-refractivity contribution in [2.24, 2.45) is 10.7 Å². The number of carbonyl (C=O) groups excluding carboxylic acids is 3. The van der Waals surface area contributed by atoms with Crippen LogP contribution in [0.5, 0.6) is 0 Å². The summed E-state index contributed by atoms with van der Waals surface area (Å²) >= 11 is 1.07. The highest BCUT2D eigenvalue weighted by Gasteiger charge is 2.28. The number of aromatic nitrogens is 2. The number of H-pyrrole nitrogens is 1. The molecule has 0 spiro atoms. The third-order valence-corrected chi connectivity index (χ3v) is 9.68. The number of carbonyl (C=O) groups is 3. The van der Waals surface area contributed by atoms with Gasteiger partial charge in [-0.05, 0) is 74.4 Å². The predicted molar refractivity (Wildman–Crippen MR) is 184 cm³/mol. The van der Waals surface area contributed by atoms with E-state index in [0.717, 1.165) is 61.2 Å². The number of fused-ring (bicyclic) bond motifs is 1. The average molecular weight is 678 g/mol. The van der Waals surface area contributed by atoms with Gasteiger partial charge in [0.1, 0.15) is 12.1 Å². The summed E-state index contributed by atoms with van der Waals surface area (Å²) in [5, 5.41) is 18.6. The molecular formula is C33H43N9O5S. The summed E-state index contributed by atoms with van der Waals surface area (Å²) in [6.07, 6.45) is 7.96. The summed E-state index contributed by atoms with van der Waals surface area (Å²) in [7, 11) is 0. The van der Waals surface area contributed by atoms with Gasteiger partial charge in [-0.1, -0.05) is 18.2 Å². The second-order valence-electron chi connectivity index (χ2n) is 12.2. The van der Waals surface area contributed by atoms with Crippen LogP contribution in [0.15, 0.2) is 57.6 Å². The molecule has 2 aromatic heterocycles. The van der Waals surface area contributed by atoms with Gasteiger partial charge in [0.2, 0.25) is 17.7 Å². The number of aromatic amines is 1. The van der Waals surface area contributed by atoms with Crippen LogP contribution >= 0.6 is 11.8 Å². The maximum absolute atomic E-state index is 13.5. The van der Waals surface area contributed by atoms with Crippen LogP contribution in [0.1, 0.15) is 57.4 Å². The molecular weight excluding hydrogens is 634 g/mol. The Bertz CT molecular complexity index is 1630. The number of para-hydroxylation sites is 1. The van der Waals surface area contributed by atoms with Gasteiger partial charge in [0.05, 0.1) is 9.95 Å². The summed E-state index contributed by atoms with van der Waals surface area (Å²) < 4.78 is 0. The van der Waals surface area contributed by atoms with Crippen LogP contribution in [0, 0.1) is 10.1 Å². The number of unbranched alkanes of at least 4 members (excludes halogenated alkanes) is 1. The van der Waals surface area contributed by atoms with Crippen LogP contribution in [-0.4, -0.2) is 93.2 Å². The second kappa shape index (κ2) is 16.4. The Hall–Kier alpha value is -4.66. The van der Waals surface area contributed by atoms with Crippen molar-refractivity contribution in [1.29, 1.82) is 0 Å². The summed E-state index contributed by atoms with van der Waals surface area (Å²) in [6.45, 7) is 6.09. The lowest BCUT2D eigenvalue weighted by Crippen LogP contribution is -2.53.